The molecule has 0 heterocycles. The normalized spacial score (nSPS) is 17.6. The number of rotatable bonds is 1. The van der Waals surface area contributed by atoms with Crippen LogP contribution in [0.15, 0.2) is 36.4 Å². The predicted molar refractivity (Wildman–Crippen MR) is 65.2 cm³/mol. The van der Waals surface area contributed by atoms with Crippen LogP contribution in [0, 0.1) is 11.6 Å². The number of hydrogen-bond acceptors (Lipinski definition) is 2. The van der Waals surface area contributed by atoms with Crippen molar-refractivity contribution in [1.29, 1.82) is 0 Å². The standard InChI is InChI=1S/C15H10F2O2/c16-10-3-9(4-11(17)6-10)13-5-8-1-2-12(18)7-14(8)15(13)19/h1-4,6-7,13,18H,5H2. The first-order valence-electron chi connectivity index (χ1n) is 5.86. The Balaban J connectivity index is 2.04. The highest BCUT2D eigenvalue weighted by Gasteiger charge is 2.32. The lowest BCUT2D eigenvalue weighted by atomic mass is 9.95. The lowest BCUT2D eigenvalue weighted by Crippen LogP contribution is -2.07. The van der Waals surface area contributed by atoms with Crippen LogP contribution in [-0.4, -0.2) is 10.9 Å². The summed E-state index contributed by atoms with van der Waals surface area (Å²) in [6.45, 7) is 0. The van der Waals surface area contributed by atoms with Gasteiger partial charge in [-0.25, -0.2) is 8.78 Å². The Bertz CT molecular complexity index is 660. The number of Topliss-reactive ketones (excluding diaryl/α,β-unsaturated/α-hetero) is 1. The topological polar surface area (TPSA) is 37.3 Å². The number of benzene rings is 2. The first-order chi connectivity index (χ1) is 9.04. The predicted octanol–water partition coefficient (Wildman–Crippen LogP) is 3.19. The maximum Gasteiger partial charge on any atom is 0.171 e. The van der Waals surface area contributed by atoms with Gasteiger partial charge in [0.15, 0.2) is 5.78 Å². The number of ketones is 1. The molecule has 0 aliphatic heterocycles. The highest BCUT2D eigenvalue weighted by molar-refractivity contribution is 6.05. The molecule has 0 spiro atoms. The monoisotopic (exact) mass is 260 g/mol. The van der Waals surface area contributed by atoms with Gasteiger partial charge >= 0.3 is 0 Å². The second kappa shape index (κ2) is 4.16. The molecule has 1 aliphatic carbocycles. The van der Waals surface area contributed by atoms with E-state index in [0.29, 0.717) is 17.5 Å². The minimum Gasteiger partial charge on any atom is -0.508 e. The summed E-state index contributed by atoms with van der Waals surface area (Å²) < 4.78 is 26.4. The van der Waals surface area contributed by atoms with Gasteiger partial charge in [0.2, 0.25) is 0 Å². The van der Waals surface area contributed by atoms with Crippen LogP contribution in [0.25, 0.3) is 0 Å². The van der Waals surface area contributed by atoms with E-state index in [4.69, 9.17) is 0 Å². The fraction of sp³-hybridized carbons (Fsp3) is 0.133. The second-order valence-electron chi connectivity index (χ2n) is 4.67. The van der Waals surface area contributed by atoms with E-state index in [0.717, 1.165) is 11.6 Å². The fourth-order valence-electron chi connectivity index (χ4n) is 2.52. The van der Waals surface area contributed by atoms with E-state index < -0.39 is 17.6 Å². The molecule has 19 heavy (non-hydrogen) atoms. The van der Waals surface area contributed by atoms with Crippen LogP contribution < -0.4 is 0 Å². The van der Waals surface area contributed by atoms with Gasteiger partial charge in [0.25, 0.3) is 0 Å². The molecule has 0 fully saturated rings. The molecule has 0 amide bonds. The number of aromatic hydroxyl groups is 1. The van der Waals surface area contributed by atoms with Gasteiger partial charge in [0, 0.05) is 11.6 Å². The first-order valence-corrected chi connectivity index (χ1v) is 5.86. The van der Waals surface area contributed by atoms with Crippen molar-refractivity contribution >= 4 is 5.78 Å². The van der Waals surface area contributed by atoms with Crippen LogP contribution in [0.2, 0.25) is 0 Å². The minimum atomic E-state index is -0.693. The van der Waals surface area contributed by atoms with Crippen molar-refractivity contribution in [3.05, 3.63) is 64.7 Å². The Hall–Kier alpha value is -2.23. The summed E-state index contributed by atoms with van der Waals surface area (Å²) >= 11 is 0. The number of phenols is 1. The third-order valence-corrected chi connectivity index (χ3v) is 3.39. The number of halogens is 2. The largest absolute Gasteiger partial charge is 0.508 e. The summed E-state index contributed by atoms with van der Waals surface area (Å²) in [7, 11) is 0. The molecule has 0 radical (unpaired) electrons. The van der Waals surface area contributed by atoms with Gasteiger partial charge in [0.05, 0.1) is 5.92 Å². The quantitative estimate of drug-likeness (QED) is 0.855. The Morgan fingerprint density at radius 2 is 1.74 bits per heavy atom. The Kier molecular flexibility index (Phi) is 2.59. The highest BCUT2D eigenvalue weighted by atomic mass is 19.1. The minimum absolute atomic E-state index is 0.0122. The summed E-state index contributed by atoms with van der Waals surface area (Å²) in [4.78, 5) is 12.2. The van der Waals surface area contributed by atoms with E-state index in [9.17, 15) is 18.7 Å². The van der Waals surface area contributed by atoms with E-state index in [-0.39, 0.29) is 11.5 Å². The molecule has 2 aromatic rings. The molecule has 2 aromatic carbocycles. The van der Waals surface area contributed by atoms with Crippen molar-refractivity contribution in [3.8, 4) is 5.75 Å². The average Bonchev–Trinajstić information content (AvgIpc) is 2.66. The van der Waals surface area contributed by atoms with E-state index in [1.807, 2.05) is 0 Å². The summed E-state index contributed by atoms with van der Waals surface area (Å²) in [6.07, 6.45) is 0.400. The number of hydrogen-bond donors (Lipinski definition) is 1. The molecule has 0 aromatic heterocycles. The number of carbonyl (C=O) groups excluding carboxylic acids is 1. The summed E-state index contributed by atoms with van der Waals surface area (Å²) in [5.41, 5.74) is 1.55. The number of fused-ring (bicyclic) bond motifs is 1. The van der Waals surface area contributed by atoms with E-state index >= 15 is 0 Å². The molecule has 96 valence electrons. The van der Waals surface area contributed by atoms with Crippen LogP contribution in [0.4, 0.5) is 8.78 Å². The Morgan fingerprint density at radius 3 is 2.42 bits per heavy atom. The van der Waals surface area contributed by atoms with Crippen LogP contribution in [-0.2, 0) is 6.42 Å². The molecule has 2 nitrogen and oxygen atoms in total. The lowest BCUT2D eigenvalue weighted by Gasteiger charge is -2.08. The van der Waals surface area contributed by atoms with E-state index in [1.54, 1.807) is 6.07 Å². The zero-order valence-corrected chi connectivity index (χ0v) is 9.86. The molecule has 0 saturated heterocycles. The van der Waals surface area contributed by atoms with E-state index in [1.165, 1.54) is 24.3 Å². The first kappa shape index (κ1) is 11.8. The van der Waals surface area contributed by atoms with Gasteiger partial charge in [-0.2, -0.15) is 0 Å². The van der Waals surface area contributed by atoms with Crippen LogP contribution in [0.1, 0.15) is 27.4 Å². The maximum absolute atomic E-state index is 13.2. The third kappa shape index (κ3) is 1.99. The van der Waals surface area contributed by atoms with Crippen molar-refractivity contribution in [2.75, 3.05) is 0 Å². The average molecular weight is 260 g/mol. The third-order valence-electron chi connectivity index (χ3n) is 3.39. The van der Waals surface area contributed by atoms with Crippen molar-refractivity contribution < 1.29 is 18.7 Å². The van der Waals surface area contributed by atoms with Gasteiger partial charge in [-0.15, -0.1) is 0 Å². The van der Waals surface area contributed by atoms with Gasteiger partial charge in [-0.3, -0.25) is 4.79 Å². The molecular weight excluding hydrogens is 250 g/mol. The lowest BCUT2D eigenvalue weighted by molar-refractivity contribution is 0.0972. The molecule has 1 N–H and O–H groups in total. The zero-order valence-electron chi connectivity index (χ0n) is 9.86. The molecule has 3 rings (SSSR count). The maximum atomic E-state index is 13.2. The summed E-state index contributed by atoms with van der Waals surface area (Å²) in [6, 6.07) is 7.70. The van der Waals surface area contributed by atoms with Crippen LogP contribution in [0.3, 0.4) is 0 Å². The second-order valence-corrected chi connectivity index (χ2v) is 4.67. The molecule has 1 atom stereocenters. The summed E-state index contributed by atoms with van der Waals surface area (Å²) in [5.74, 6) is -2.17. The van der Waals surface area contributed by atoms with Gasteiger partial charge < -0.3 is 5.11 Å². The Morgan fingerprint density at radius 1 is 1.05 bits per heavy atom. The van der Waals surface area contributed by atoms with Gasteiger partial charge in [-0.05, 0) is 41.8 Å². The van der Waals surface area contributed by atoms with Crippen LogP contribution >= 0.6 is 0 Å². The number of phenolic OH excluding ortho intramolecular Hbond substituents is 1. The molecule has 1 unspecified atom stereocenters. The van der Waals surface area contributed by atoms with Crippen LogP contribution in [0.5, 0.6) is 5.75 Å². The molecule has 4 heteroatoms. The van der Waals surface area contributed by atoms with Crippen molar-refractivity contribution in [1.82, 2.24) is 0 Å². The fourth-order valence-corrected chi connectivity index (χ4v) is 2.52. The Labute approximate surface area is 108 Å². The highest BCUT2D eigenvalue weighted by Crippen LogP contribution is 2.35. The summed E-state index contributed by atoms with van der Waals surface area (Å²) in [5, 5.41) is 9.39. The van der Waals surface area contributed by atoms with Crippen molar-refractivity contribution in [2.45, 2.75) is 12.3 Å². The van der Waals surface area contributed by atoms with Gasteiger partial charge in [-0.1, -0.05) is 6.07 Å². The zero-order chi connectivity index (χ0) is 13.6. The smallest absolute Gasteiger partial charge is 0.171 e. The molecule has 0 saturated carbocycles. The molecule has 1 aliphatic rings. The van der Waals surface area contributed by atoms with Crippen molar-refractivity contribution in [2.24, 2.45) is 0 Å². The van der Waals surface area contributed by atoms with Gasteiger partial charge in [0.1, 0.15) is 17.4 Å². The molecule has 0 bridgehead atoms. The van der Waals surface area contributed by atoms with Crippen molar-refractivity contribution in [3.63, 3.8) is 0 Å². The molecular formula is C15H10F2O2. The number of carbonyl (C=O) groups is 1. The SMILES string of the molecule is O=C1c2cc(O)ccc2CC1c1cc(F)cc(F)c1. The van der Waals surface area contributed by atoms with E-state index in [2.05, 4.69) is 0 Å².